The fourth-order valence-corrected chi connectivity index (χ4v) is 2.66. The minimum Gasteiger partial charge on any atom is -0.369 e. The van der Waals surface area contributed by atoms with Crippen LogP contribution in [0.1, 0.15) is 27.2 Å². The molecule has 17 heavy (non-hydrogen) atoms. The molecule has 2 amide bonds. The molecule has 1 N–H and O–H groups in total. The third-order valence-corrected chi connectivity index (χ3v) is 3.21. The van der Waals surface area contributed by atoms with Crippen molar-refractivity contribution in [2.75, 3.05) is 19.6 Å². The van der Waals surface area contributed by atoms with Gasteiger partial charge in [-0.05, 0) is 20.8 Å². The Bertz CT molecular complexity index is 341. The van der Waals surface area contributed by atoms with Crippen LogP contribution in [0.3, 0.4) is 0 Å². The number of morpholine rings is 1. The van der Waals surface area contributed by atoms with Gasteiger partial charge in [-0.15, -0.1) is 0 Å². The number of carbonyl (C=O) groups is 2. The Balaban J connectivity index is 2.01. The van der Waals surface area contributed by atoms with Gasteiger partial charge in [0.25, 0.3) is 0 Å². The molecule has 5 nitrogen and oxygen atoms in total. The number of ether oxygens (including phenoxy) is 1. The summed E-state index contributed by atoms with van der Waals surface area (Å²) in [7, 11) is 0. The predicted molar refractivity (Wildman–Crippen MR) is 62.3 cm³/mol. The molecule has 96 valence electrons. The van der Waals surface area contributed by atoms with Gasteiger partial charge < -0.3 is 15.0 Å². The Morgan fingerprint density at radius 2 is 2.24 bits per heavy atom. The molecule has 0 aromatic heterocycles. The van der Waals surface area contributed by atoms with Gasteiger partial charge in [0.2, 0.25) is 11.8 Å². The summed E-state index contributed by atoms with van der Waals surface area (Å²) >= 11 is 0. The minimum absolute atomic E-state index is 0.0241. The largest absolute Gasteiger partial charge is 0.369 e. The van der Waals surface area contributed by atoms with Crippen LogP contribution in [0.4, 0.5) is 0 Å². The summed E-state index contributed by atoms with van der Waals surface area (Å²) in [4.78, 5) is 25.2. The summed E-state index contributed by atoms with van der Waals surface area (Å²) in [5, 5.41) is 2.70. The van der Waals surface area contributed by atoms with Crippen molar-refractivity contribution in [1.29, 1.82) is 0 Å². The van der Waals surface area contributed by atoms with Crippen LogP contribution >= 0.6 is 0 Å². The summed E-state index contributed by atoms with van der Waals surface area (Å²) in [5.74, 6) is -0.140. The lowest BCUT2D eigenvalue weighted by atomic mass is 10.0. The van der Waals surface area contributed by atoms with Crippen molar-refractivity contribution in [3.63, 3.8) is 0 Å². The van der Waals surface area contributed by atoms with E-state index >= 15 is 0 Å². The zero-order valence-electron chi connectivity index (χ0n) is 10.7. The van der Waals surface area contributed by atoms with E-state index in [1.54, 1.807) is 0 Å². The van der Waals surface area contributed by atoms with Crippen molar-refractivity contribution in [1.82, 2.24) is 10.2 Å². The lowest BCUT2D eigenvalue weighted by molar-refractivity contribution is -0.161. The second kappa shape index (κ2) is 4.29. The number of nitrogens with one attached hydrogen (secondary N) is 1. The van der Waals surface area contributed by atoms with Crippen LogP contribution < -0.4 is 5.32 Å². The number of nitrogens with zero attached hydrogens (tertiary/aromatic N) is 1. The van der Waals surface area contributed by atoms with Gasteiger partial charge in [0.05, 0.1) is 17.6 Å². The van der Waals surface area contributed by atoms with E-state index in [1.807, 2.05) is 25.7 Å². The number of carbonyl (C=O) groups excluding carboxylic acids is 2. The number of rotatable bonds is 1. The third kappa shape index (κ3) is 2.77. The van der Waals surface area contributed by atoms with Crippen molar-refractivity contribution in [3.8, 4) is 0 Å². The molecule has 0 bridgehead atoms. The summed E-state index contributed by atoms with van der Waals surface area (Å²) in [6.07, 6.45) is 0.373. The highest BCUT2D eigenvalue weighted by molar-refractivity contribution is 5.89. The fourth-order valence-electron chi connectivity index (χ4n) is 2.66. The average Bonchev–Trinajstić information content (AvgIpc) is 2.60. The Morgan fingerprint density at radius 1 is 1.53 bits per heavy atom. The molecule has 0 saturated carbocycles. The van der Waals surface area contributed by atoms with Crippen molar-refractivity contribution in [2.45, 2.75) is 38.9 Å². The first-order valence-electron chi connectivity index (χ1n) is 6.11. The maximum absolute atomic E-state index is 12.3. The van der Waals surface area contributed by atoms with Crippen LogP contribution in [0.25, 0.3) is 0 Å². The molecule has 2 saturated heterocycles. The number of amides is 2. The van der Waals surface area contributed by atoms with E-state index in [0.717, 1.165) is 0 Å². The van der Waals surface area contributed by atoms with E-state index in [-0.39, 0.29) is 29.4 Å². The summed E-state index contributed by atoms with van der Waals surface area (Å²) < 4.78 is 5.76. The molecule has 0 radical (unpaired) electrons. The highest BCUT2D eigenvalue weighted by atomic mass is 16.5. The lowest BCUT2D eigenvalue weighted by Crippen LogP contribution is -2.55. The molecule has 2 fully saturated rings. The van der Waals surface area contributed by atoms with E-state index in [1.165, 1.54) is 0 Å². The van der Waals surface area contributed by atoms with Gasteiger partial charge in [0, 0.05) is 26.1 Å². The van der Waals surface area contributed by atoms with Crippen molar-refractivity contribution in [2.24, 2.45) is 5.92 Å². The van der Waals surface area contributed by atoms with E-state index in [4.69, 9.17) is 4.74 Å². The third-order valence-electron chi connectivity index (χ3n) is 3.21. The molecular formula is C12H20N2O3. The minimum atomic E-state index is -0.302. The Kier molecular flexibility index (Phi) is 3.12. The lowest BCUT2D eigenvalue weighted by Gasteiger charge is -2.42. The topological polar surface area (TPSA) is 58.6 Å². The van der Waals surface area contributed by atoms with Gasteiger partial charge in [0.1, 0.15) is 0 Å². The van der Waals surface area contributed by atoms with Gasteiger partial charge in [-0.1, -0.05) is 0 Å². The molecule has 5 heteroatoms. The molecule has 0 spiro atoms. The molecular weight excluding hydrogens is 220 g/mol. The Labute approximate surface area is 101 Å². The monoisotopic (exact) mass is 240 g/mol. The van der Waals surface area contributed by atoms with E-state index < -0.39 is 0 Å². The normalized spacial score (nSPS) is 32.4. The quantitative estimate of drug-likeness (QED) is 0.709. The fraction of sp³-hybridized carbons (Fsp3) is 0.833. The molecule has 2 atom stereocenters. The molecule has 0 aromatic rings. The average molecular weight is 240 g/mol. The number of hydrogen-bond acceptors (Lipinski definition) is 3. The predicted octanol–water partition coefficient (Wildman–Crippen LogP) is 0.148. The van der Waals surface area contributed by atoms with Gasteiger partial charge in [0.15, 0.2) is 0 Å². The van der Waals surface area contributed by atoms with Crippen LogP contribution in [-0.2, 0) is 14.3 Å². The number of hydrogen-bond donors (Lipinski definition) is 1. The molecule has 0 aromatic carbocycles. The van der Waals surface area contributed by atoms with Crippen LogP contribution in [-0.4, -0.2) is 48.1 Å². The standard InChI is InChI=1S/C12H20N2O3/c1-8-6-14(7-12(2,3)17-8)11(16)9-4-10(15)13-5-9/h8-9H,4-7H2,1-3H3,(H,13,15). The Hall–Kier alpha value is -1.10. The smallest absolute Gasteiger partial charge is 0.228 e. The molecule has 2 rings (SSSR count). The van der Waals surface area contributed by atoms with Gasteiger partial charge in [-0.2, -0.15) is 0 Å². The maximum Gasteiger partial charge on any atom is 0.228 e. The van der Waals surface area contributed by atoms with Crippen molar-refractivity contribution >= 4 is 11.8 Å². The first-order valence-corrected chi connectivity index (χ1v) is 6.11. The van der Waals surface area contributed by atoms with Gasteiger partial charge in [-0.3, -0.25) is 9.59 Å². The van der Waals surface area contributed by atoms with Crippen LogP contribution in [0.5, 0.6) is 0 Å². The van der Waals surface area contributed by atoms with Crippen LogP contribution in [0.15, 0.2) is 0 Å². The highest BCUT2D eigenvalue weighted by Crippen LogP contribution is 2.23. The summed E-state index contributed by atoms with van der Waals surface area (Å²) in [5.41, 5.74) is -0.302. The zero-order valence-corrected chi connectivity index (χ0v) is 10.7. The van der Waals surface area contributed by atoms with E-state index in [9.17, 15) is 9.59 Å². The molecule has 0 aliphatic carbocycles. The summed E-state index contributed by atoms with van der Waals surface area (Å²) in [6, 6.07) is 0. The van der Waals surface area contributed by atoms with E-state index in [2.05, 4.69) is 5.32 Å². The second-order valence-corrected chi connectivity index (χ2v) is 5.61. The Morgan fingerprint density at radius 3 is 2.76 bits per heavy atom. The van der Waals surface area contributed by atoms with Gasteiger partial charge in [-0.25, -0.2) is 0 Å². The molecule has 2 aliphatic rings. The van der Waals surface area contributed by atoms with Crippen LogP contribution in [0, 0.1) is 5.92 Å². The molecule has 2 unspecified atom stereocenters. The van der Waals surface area contributed by atoms with Gasteiger partial charge >= 0.3 is 0 Å². The molecule has 2 heterocycles. The van der Waals surface area contributed by atoms with Crippen molar-refractivity contribution < 1.29 is 14.3 Å². The molecule has 2 aliphatic heterocycles. The summed E-state index contributed by atoms with van der Waals surface area (Å²) in [6.45, 7) is 7.64. The van der Waals surface area contributed by atoms with Crippen LogP contribution in [0.2, 0.25) is 0 Å². The SMILES string of the molecule is CC1CN(C(=O)C2CNC(=O)C2)CC(C)(C)O1. The van der Waals surface area contributed by atoms with E-state index in [0.29, 0.717) is 26.1 Å². The maximum atomic E-state index is 12.3. The first kappa shape index (κ1) is 12.4. The second-order valence-electron chi connectivity index (χ2n) is 5.61. The highest BCUT2D eigenvalue weighted by Gasteiger charge is 2.38. The van der Waals surface area contributed by atoms with Crippen molar-refractivity contribution in [3.05, 3.63) is 0 Å². The first-order chi connectivity index (χ1) is 7.87. The zero-order chi connectivity index (χ0) is 12.6.